The van der Waals surface area contributed by atoms with Crippen molar-refractivity contribution in [2.75, 3.05) is 7.11 Å². The van der Waals surface area contributed by atoms with E-state index in [1.807, 2.05) is 30.3 Å². The normalized spacial score (nSPS) is 20.7. The molecule has 1 aliphatic carbocycles. The van der Waals surface area contributed by atoms with Gasteiger partial charge in [0.05, 0.1) is 6.07 Å². The van der Waals surface area contributed by atoms with Crippen molar-refractivity contribution in [2.24, 2.45) is 11.0 Å². The van der Waals surface area contributed by atoms with Gasteiger partial charge < -0.3 is 4.74 Å². The minimum Gasteiger partial charge on any atom is -0.367 e. The lowest BCUT2D eigenvalue weighted by molar-refractivity contribution is -0.131. The zero-order valence-electron chi connectivity index (χ0n) is 13.5. The van der Waals surface area contributed by atoms with Crippen LogP contribution < -0.4 is 5.43 Å². The van der Waals surface area contributed by atoms with Crippen LogP contribution in [-0.4, -0.2) is 18.7 Å². The number of nitriles is 1. The summed E-state index contributed by atoms with van der Waals surface area (Å²) in [7, 11) is 1.51. The first-order valence-electron chi connectivity index (χ1n) is 8.07. The number of benzene rings is 1. The van der Waals surface area contributed by atoms with Crippen LogP contribution in [0.5, 0.6) is 0 Å². The molecule has 2 atom stereocenters. The summed E-state index contributed by atoms with van der Waals surface area (Å²) in [6.45, 7) is 0. The number of nitrogens with one attached hydrogen (secondary N) is 1. The molecule has 5 nitrogen and oxygen atoms in total. The number of nitrogens with zero attached hydrogens (tertiary/aromatic N) is 2. The van der Waals surface area contributed by atoms with Crippen LogP contribution in [0.4, 0.5) is 0 Å². The van der Waals surface area contributed by atoms with E-state index in [0.29, 0.717) is 12.3 Å². The van der Waals surface area contributed by atoms with Crippen molar-refractivity contribution in [1.29, 1.82) is 5.26 Å². The third kappa shape index (κ3) is 4.90. The summed E-state index contributed by atoms with van der Waals surface area (Å²) in [5.74, 6) is 0.0391. The molecule has 5 heteroatoms. The monoisotopic (exact) mass is 313 g/mol. The number of ether oxygens (including phenoxy) is 1. The first-order valence-corrected chi connectivity index (χ1v) is 8.07. The van der Waals surface area contributed by atoms with Gasteiger partial charge in [-0.1, -0.05) is 36.8 Å². The fraction of sp³-hybridized carbons (Fsp3) is 0.500. The third-order valence-corrected chi connectivity index (χ3v) is 4.20. The standard InChI is InChI=1S/C18H23N3O2/c1-23-17(15-9-3-2-4-10-15)18(22)21-20-16-12-6-5-8-14(16)11-7-13-19/h2-4,9-10,14,17H,5-8,11-12H2,1H3,(H,21,22)/b20-16-/t14-,17-/m1/s1. The van der Waals surface area contributed by atoms with Crippen molar-refractivity contribution in [1.82, 2.24) is 5.43 Å². The van der Waals surface area contributed by atoms with Crippen LogP contribution in [0.1, 0.15) is 50.2 Å². The Balaban J connectivity index is 2.01. The third-order valence-electron chi connectivity index (χ3n) is 4.20. The van der Waals surface area contributed by atoms with Crippen molar-refractivity contribution >= 4 is 11.6 Å². The lowest BCUT2D eigenvalue weighted by atomic mass is 9.84. The van der Waals surface area contributed by atoms with Gasteiger partial charge in [-0.25, -0.2) is 5.43 Å². The van der Waals surface area contributed by atoms with Gasteiger partial charge in [0.25, 0.3) is 5.91 Å². The van der Waals surface area contributed by atoms with Gasteiger partial charge in [0.1, 0.15) is 0 Å². The summed E-state index contributed by atoms with van der Waals surface area (Å²) in [5, 5.41) is 13.1. The minimum absolute atomic E-state index is 0.268. The van der Waals surface area contributed by atoms with Gasteiger partial charge in [-0.3, -0.25) is 4.79 Å². The van der Waals surface area contributed by atoms with E-state index in [4.69, 9.17) is 10.00 Å². The molecule has 1 aromatic rings. The van der Waals surface area contributed by atoms with Crippen molar-refractivity contribution in [3.05, 3.63) is 35.9 Å². The SMILES string of the molecule is CO[C@@H](C(=O)N/N=C1/CCCC[C@@H]1CCC#N)c1ccccc1. The van der Waals surface area contributed by atoms with E-state index >= 15 is 0 Å². The number of amides is 1. The predicted molar refractivity (Wildman–Crippen MR) is 88.6 cm³/mol. The molecule has 1 amide bonds. The van der Waals surface area contributed by atoms with Crippen LogP contribution in [0.2, 0.25) is 0 Å². The van der Waals surface area contributed by atoms with Crippen LogP contribution in [0, 0.1) is 17.2 Å². The number of hydrazone groups is 1. The Morgan fingerprint density at radius 3 is 2.91 bits per heavy atom. The van der Waals surface area contributed by atoms with Crippen LogP contribution in [0.15, 0.2) is 35.4 Å². The first-order chi connectivity index (χ1) is 11.3. The summed E-state index contributed by atoms with van der Waals surface area (Å²) in [5.41, 5.74) is 4.46. The molecule has 0 radical (unpaired) electrons. The Labute approximate surface area is 137 Å². The number of carbonyl (C=O) groups is 1. The van der Waals surface area contributed by atoms with Gasteiger partial charge in [-0.05, 0) is 31.2 Å². The summed E-state index contributed by atoms with van der Waals surface area (Å²) in [6.07, 6.45) is 4.86. The molecule has 1 saturated carbocycles. The summed E-state index contributed by atoms with van der Waals surface area (Å²) >= 11 is 0. The fourth-order valence-electron chi connectivity index (χ4n) is 2.97. The second kappa shape index (κ2) is 9.06. The second-order valence-corrected chi connectivity index (χ2v) is 5.75. The fourth-order valence-corrected chi connectivity index (χ4v) is 2.97. The molecule has 122 valence electrons. The molecule has 0 saturated heterocycles. The van der Waals surface area contributed by atoms with Crippen molar-refractivity contribution in [3.63, 3.8) is 0 Å². The zero-order valence-corrected chi connectivity index (χ0v) is 13.5. The molecule has 0 aromatic heterocycles. The highest BCUT2D eigenvalue weighted by atomic mass is 16.5. The smallest absolute Gasteiger partial charge is 0.273 e. The quantitative estimate of drug-likeness (QED) is 0.818. The molecule has 0 bridgehead atoms. The zero-order chi connectivity index (χ0) is 16.5. The number of hydrogen-bond donors (Lipinski definition) is 1. The van der Waals surface area contributed by atoms with Crippen molar-refractivity contribution in [2.45, 2.75) is 44.6 Å². The molecule has 0 aliphatic heterocycles. The molecule has 1 fully saturated rings. The molecule has 0 unspecified atom stereocenters. The predicted octanol–water partition coefficient (Wildman–Crippen LogP) is 3.34. The lowest BCUT2D eigenvalue weighted by Crippen LogP contribution is -2.30. The highest BCUT2D eigenvalue weighted by Crippen LogP contribution is 2.25. The largest absolute Gasteiger partial charge is 0.367 e. The molecule has 1 aliphatic rings. The van der Waals surface area contributed by atoms with E-state index in [1.54, 1.807) is 0 Å². The molecule has 1 N–H and O–H groups in total. The number of rotatable bonds is 6. The lowest BCUT2D eigenvalue weighted by Gasteiger charge is -2.23. The van der Waals surface area contributed by atoms with Gasteiger partial charge in [0.2, 0.25) is 0 Å². The number of hydrogen-bond acceptors (Lipinski definition) is 4. The van der Waals surface area contributed by atoms with E-state index in [1.165, 1.54) is 7.11 Å². The maximum absolute atomic E-state index is 12.3. The Hall–Kier alpha value is -2.19. The van der Waals surface area contributed by atoms with Gasteiger partial charge in [-0.2, -0.15) is 10.4 Å². The molecule has 23 heavy (non-hydrogen) atoms. The Bertz CT molecular complexity index is 578. The summed E-state index contributed by atoms with van der Waals surface area (Å²) in [6, 6.07) is 11.6. The molecule has 0 spiro atoms. The molecular formula is C18H23N3O2. The van der Waals surface area contributed by atoms with Crippen LogP contribution in [-0.2, 0) is 9.53 Å². The maximum Gasteiger partial charge on any atom is 0.273 e. The number of methoxy groups -OCH3 is 1. The summed E-state index contributed by atoms with van der Waals surface area (Å²) in [4.78, 5) is 12.3. The number of carbonyl (C=O) groups excluding carboxylic acids is 1. The maximum atomic E-state index is 12.3. The van der Waals surface area contributed by atoms with Crippen LogP contribution in [0.25, 0.3) is 0 Å². The van der Waals surface area contributed by atoms with E-state index < -0.39 is 6.10 Å². The highest BCUT2D eigenvalue weighted by molar-refractivity contribution is 5.89. The molecule has 0 heterocycles. The van der Waals surface area contributed by atoms with Gasteiger partial charge in [0, 0.05) is 25.2 Å². The van der Waals surface area contributed by atoms with Gasteiger partial charge in [-0.15, -0.1) is 0 Å². The van der Waals surface area contributed by atoms with E-state index in [2.05, 4.69) is 16.6 Å². The van der Waals surface area contributed by atoms with Crippen molar-refractivity contribution < 1.29 is 9.53 Å². The van der Waals surface area contributed by atoms with Gasteiger partial charge >= 0.3 is 0 Å². The topological polar surface area (TPSA) is 74.5 Å². The van der Waals surface area contributed by atoms with E-state index in [9.17, 15) is 4.79 Å². The Morgan fingerprint density at radius 2 is 2.22 bits per heavy atom. The minimum atomic E-state index is -0.665. The highest BCUT2D eigenvalue weighted by Gasteiger charge is 2.23. The Kier molecular flexibility index (Phi) is 6.76. The molecule has 1 aromatic carbocycles. The average Bonchev–Trinajstić information content (AvgIpc) is 2.60. The second-order valence-electron chi connectivity index (χ2n) is 5.75. The Morgan fingerprint density at radius 1 is 1.43 bits per heavy atom. The van der Waals surface area contributed by atoms with E-state index in [0.717, 1.165) is 43.4 Å². The average molecular weight is 313 g/mol. The summed E-state index contributed by atoms with van der Waals surface area (Å²) < 4.78 is 5.31. The van der Waals surface area contributed by atoms with E-state index in [-0.39, 0.29) is 5.91 Å². The molecular weight excluding hydrogens is 290 g/mol. The first kappa shape index (κ1) is 17.2. The van der Waals surface area contributed by atoms with Crippen LogP contribution in [0.3, 0.4) is 0 Å². The molecule has 2 rings (SSSR count). The van der Waals surface area contributed by atoms with Crippen LogP contribution >= 0.6 is 0 Å². The van der Waals surface area contributed by atoms with Gasteiger partial charge in [0.15, 0.2) is 6.10 Å². The van der Waals surface area contributed by atoms with Crippen molar-refractivity contribution in [3.8, 4) is 6.07 Å².